The fourth-order valence-corrected chi connectivity index (χ4v) is 3.80. The molecule has 0 fully saturated rings. The van der Waals surface area contributed by atoms with Crippen molar-refractivity contribution in [2.45, 2.75) is 32.6 Å². The van der Waals surface area contributed by atoms with Gasteiger partial charge in [-0.05, 0) is 49.9 Å². The first-order valence-corrected chi connectivity index (χ1v) is 9.25. The highest BCUT2D eigenvalue weighted by Gasteiger charge is 2.33. The van der Waals surface area contributed by atoms with Crippen LogP contribution in [-0.4, -0.2) is 32.6 Å². The summed E-state index contributed by atoms with van der Waals surface area (Å²) in [7, 11) is 1.77. The third-order valence-electron chi connectivity index (χ3n) is 4.87. The number of aromatic nitrogens is 4. The van der Waals surface area contributed by atoms with Crippen molar-refractivity contribution in [1.82, 2.24) is 19.7 Å². The van der Waals surface area contributed by atoms with Crippen LogP contribution in [0.5, 0.6) is 0 Å². The highest BCUT2D eigenvalue weighted by Crippen LogP contribution is 2.36. The fourth-order valence-electron chi connectivity index (χ4n) is 3.68. The number of halogens is 1. The molecule has 3 aromatic rings. The lowest BCUT2D eigenvalue weighted by atomic mass is 9.82. The molecular weight excluding hydrogens is 362 g/mol. The number of carbonyl (C=O) groups excluding carboxylic acids is 1. The van der Waals surface area contributed by atoms with Gasteiger partial charge in [0.2, 0.25) is 0 Å². The minimum atomic E-state index is 0.0772. The molecule has 138 valence electrons. The second-order valence-electron chi connectivity index (χ2n) is 6.86. The minimum Gasteiger partial charge on any atom is -0.371 e. The number of hydrogen-bond donors (Lipinski definition) is 1. The average molecular weight is 382 g/mol. The summed E-state index contributed by atoms with van der Waals surface area (Å²) in [6.07, 6.45) is 1.14. The van der Waals surface area contributed by atoms with Crippen LogP contribution in [0.1, 0.15) is 45.3 Å². The number of hydrogen-bond acceptors (Lipinski definition) is 5. The van der Waals surface area contributed by atoms with Gasteiger partial charge in [-0.2, -0.15) is 0 Å². The Bertz CT molecular complexity index is 1010. The van der Waals surface area contributed by atoms with Gasteiger partial charge in [0.25, 0.3) is 5.95 Å². The lowest BCUT2D eigenvalue weighted by Gasteiger charge is -2.23. The molecule has 7 heteroatoms. The number of rotatable bonds is 3. The van der Waals surface area contributed by atoms with Crippen molar-refractivity contribution in [2.24, 2.45) is 0 Å². The fraction of sp³-hybridized carbons (Fsp3) is 0.300. The highest BCUT2D eigenvalue weighted by atomic mass is 35.5. The number of Topliss-reactive ketones (excluding diaryl/α,β-unsaturated/α-hetero) is 1. The van der Waals surface area contributed by atoms with E-state index in [4.69, 9.17) is 11.6 Å². The first-order valence-electron chi connectivity index (χ1n) is 8.87. The SMILES string of the molecule is CNc1nn(-c2nc(C)cc(C)n2)c2c1C(=O)CC(c1ccc(Cl)cc1)C2. The molecule has 1 atom stereocenters. The molecule has 1 N–H and O–H groups in total. The van der Waals surface area contributed by atoms with Crippen LogP contribution in [0.15, 0.2) is 30.3 Å². The van der Waals surface area contributed by atoms with Gasteiger partial charge in [0.1, 0.15) is 0 Å². The third-order valence-corrected chi connectivity index (χ3v) is 5.12. The van der Waals surface area contributed by atoms with Gasteiger partial charge in [-0.25, -0.2) is 14.6 Å². The summed E-state index contributed by atoms with van der Waals surface area (Å²) in [6, 6.07) is 9.61. The Morgan fingerprint density at radius 3 is 2.41 bits per heavy atom. The number of anilines is 1. The van der Waals surface area contributed by atoms with Gasteiger partial charge in [-0.1, -0.05) is 23.7 Å². The Kier molecular flexibility index (Phi) is 4.44. The molecule has 0 aliphatic heterocycles. The van der Waals surface area contributed by atoms with E-state index in [-0.39, 0.29) is 11.7 Å². The Balaban J connectivity index is 1.83. The van der Waals surface area contributed by atoms with Crippen molar-refractivity contribution in [2.75, 3.05) is 12.4 Å². The Labute approximate surface area is 162 Å². The quantitative estimate of drug-likeness (QED) is 0.745. The van der Waals surface area contributed by atoms with E-state index in [1.54, 1.807) is 11.7 Å². The highest BCUT2D eigenvalue weighted by molar-refractivity contribution is 6.30. The number of aryl methyl sites for hydroxylation is 2. The summed E-state index contributed by atoms with van der Waals surface area (Å²) < 4.78 is 1.71. The first kappa shape index (κ1) is 17.7. The van der Waals surface area contributed by atoms with Gasteiger partial charge >= 0.3 is 0 Å². The maximum Gasteiger partial charge on any atom is 0.251 e. The lowest BCUT2D eigenvalue weighted by molar-refractivity contribution is 0.0964. The molecule has 2 heterocycles. The van der Waals surface area contributed by atoms with Crippen LogP contribution in [0.3, 0.4) is 0 Å². The number of ketones is 1. The largest absolute Gasteiger partial charge is 0.371 e. The number of nitrogens with zero attached hydrogens (tertiary/aromatic N) is 4. The average Bonchev–Trinajstić information content (AvgIpc) is 3.01. The molecule has 0 saturated heterocycles. The number of carbonyl (C=O) groups is 1. The molecule has 0 radical (unpaired) electrons. The van der Waals surface area contributed by atoms with Crippen molar-refractivity contribution < 1.29 is 4.79 Å². The molecular formula is C20H20ClN5O. The van der Waals surface area contributed by atoms with Crippen molar-refractivity contribution in [3.63, 3.8) is 0 Å². The topological polar surface area (TPSA) is 72.7 Å². The van der Waals surface area contributed by atoms with E-state index in [1.165, 1.54) is 0 Å². The smallest absolute Gasteiger partial charge is 0.251 e. The molecule has 4 rings (SSSR count). The first-order chi connectivity index (χ1) is 13.0. The van der Waals surface area contributed by atoms with Crippen molar-refractivity contribution in [1.29, 1.82) is 0 Å². The molecule has 1 aliphatic rings. The van der Waals surface area contributed by atoms with Gasteiger partial charge in [0.05, 0.1) is 11.3 Å². The lowest BCUT2D eigenvalue weighted by Crippen LogP contribution is -2.21. The summed E-state index contributed by atoms with van der Waals surface area (Å²) in [6.45, 7) is 3.85. The van der Waals surface area contributed by atoms with Crippen molar-refractivity contribution in [3.05, 3.63) is 63.6 Å². The standard InChI is InChI=1S/C20H20ClN5O/c1-11-8-12(2)24-20(23-11)26-16-9-14(13-4-6-15(21)7-5-13)10-17(27)18(16)19(22-3)25-26/h4-8,14H,9-10H2,1-3H3,(H,22,25). The van der Waals surface area contributed by atoms with E-state index in [0.29, 0.717) is 35.2 Å². The molecule has 27 heavy (non-hydrogen) atoms. The molecule has 1 unspecified atom stereocenters. The number of fused-ring (bicyclic) bond motifs is 1. The van der Waals surface area contributed by atoms with E-state index >= 15 is 0 Å². The number of benzene rings is 1. The van der Waals surface area contributed by atoms with Gasteiger partial charge in [0.15, 0.2) is 11.6 Å². The van der Waals surface area contributed by atoms with Gasteiger partial charge < -0.3 is 5.32 Å². The van der Waals surface area contributed by atoms with Crippen LogP contribution in [-0.2, 0) is 6.42 Å². The third kappa shape index (κ3) is 3.21. The Hall–Kier alpha value is -2.73. The van der Waals surface area contributed by atoms with Gasteiger partial charge in [-0.15, -0.1) is 5.10 Å². The van der Waals surface area contributed by atoms with Crippen LogP contribution < -0.4 is 5.32 Å². The maximum absolute atomic E-state index is 12.9. The van der Waals surface area contributed by atoms with E-state index in [0.717, 1.165) is 22.6 Å². The summed E-state index contributed by atoms with van der Waals surface area (Å²) >= 11 is 6.01. The second kappa shape index (κ2) is 6.78. The Morgan fingerprint density at radius 2 is 1.78 bits per heavy atom. The molecule has 0 amide bonds. The van der Waals surface area contributed by atoms with E-state index in [1.807, 2.05) is 44.2 Å². The Morgan fingerprint density at radius 1 is 1.11 bits per heavy atom. The molecule has 0 bridgehead atoms. The minimum absolute atomic E-state index is 0.0772. The summed E-state index contributed by atoms with van der Waals surface area (Å²) in [4.78, 5) is 22.0. The summed E-state index contributed by atoms with van der Waals surface area (Å²) in [5.74, 6) is 1.23. The monoisotopic (exact) mass is 381 g/mol. The van der Waals surface area contributed by atoms with Crippen LogP contribution in [0.25, 0.3) is 5.95 Å². The van der Waals surface area contributed by atoms with Crippen molar-refractivity contribution >= 4 is 23.2 Å². The van der Waals surface area contributed by atoms with Crippen LogP contribution in [0.4, 0.5) is 5.82 Å². The van der Waals surface area contributed by atoms with Crippen LogP contribution >= 0.6 is 11.6 Å². The molecule has 2 aromatic heterocycles. The molecule has 0 spiro atoms. The van der Waals surface area contributed by atoms with Gasteiger partial charge in [-0.3, -0.25) is 4.79 Å². The maximum atomic E-state index is 12.9. The molecule has 1 aromatic carbocycles. The normalized spacial score (nSPS) is 16.3. The van der Waals surface area contributed by atoms with E-state index in [2.05, 4.69) is 20.4 Å². The van der Waals surface area contributed by atoms with E-state index in [9.17, 15) is 4.79 Å². The zero-order valence-corrected chi connectivity index (χ0v) is 16.2. The predicted octanol–water partition coefficient (Wildman–Crippen LogP) is 3.89. The zero-order valence-electron chi connectivity index (χ0n) is 15.5. The molecule has 0 saturated carbocycles. The molecule has 6 nitrogen and oxygen atoms in total. The van der Waals surface area contributed by atoms with Crippen LogP contribution in [0.2, 0.25) is 5.02 Å². The molecule has 1 aliphatic carbocycles. The van der Waals surface area contributed by atoms with Crippen molar-refractivity contribution in [3.8, 4) is 5.95 Å². The number of nitrogens with one attached hydrogen (secondary N) is 1. The predicted molar refractivity (Wildman–Crippen MR) is 105 cm³/mol. The summed E-state index contributed by atoms with van der Waals surface area (Å²) in [5, 5.41) is 8.32. The summed E-state index contributed by atoms with van der Waals surface area (Å²) in [5.41, 5.74) is 4.32. The zero-order chi connectivity index (χ0) is 19.1. The van der Waals surface area contributed by atoms with Gasteiger partial charge in [0, 0.05) is 29.9 Å². The van der Waals surface area contributed by atoms with E-state index < -0.39 is 0 Å². The van der Waals surface area contributed by atoms with Crippen LogP contribution in [0, 0.1) is 13.8 Å². The second-order valence-corrected chi connectivity index (χ2v) is 7.30.